The molecular weight excluding hydrogens is 292 g/mol. The Kier molecular flexibility index (Phi) is 4.34. The molecule has 1 amide bonds. The van der Waals surface area contributed by atoms with Gasteiger partial charge in [-0.1, -0.05) is 23.2 Å². The molecule has 0 saturated heterocycles. The van der Waals surface area contributed by atoms with Crippen molar-refractivity contribution in [1.29, 1.82) is 0 Å². The fourth-order valence-corrected chi connectivity index (χ4v) is 1.76. The first-order valence-electron chi connectivity index (χ1n) is 4.68. The van der Waals surface area contributed by atoms with Crippen molar-refractivity contribution in [2.24, 2.45) is 0 Å². The quantitative estimate of drug-likeness (QED) is 0.853. The van der Waals surface area contributed by atoms with E-state index >= 15 is 0 Å². The van der Waals surface area contributed by atoms with Crippen LogP contribution in [0.5, 0.6) is 0 Å². The minimum absolute atomic E-state index is 0.0197. The number of carbonyl (C=O) groups is 1. The van der Waals surface area contributed by atoms with Gasteiger partial charge in [0, 0.05) is 12.6 Å². The van der Waals surface area contributed by atoms with Crippen molar-refractivity contribution in [3.05, 3.63) is 27.7 Å². The second kappa shape index (κ2) is 5.24. The minimum Gasteiger partial charge on any atom is -0.396 e. The van der Waals surface area contributed by atoms with E-state index in [1.165, 1.54) is 12.1 Å². The lowest BCUT2D eigenvalue weighted by Gasteiger charge is -2.19. The van der Waals surface area contributed by atoms with Gasteiger partial charge in [0.1, 0.15) is 6.54 Å². The molecule has 0 unspecified atom stereocenters. The van der Waals surface area contributed by atoms with E-state index in [4.69, 9.17) is 28.9 Å². The molecule has 0 aliphatic rings. The Morgan fingerprint density at radius 3 is 2.17 bits per heavy atom. The zero-order valence-electron chi connectivity index (χ0n) is 9.18. The van der Waals surface area contributed by atoms with Crippen LogP contribution in [0.2, 0.25) is 10.0 Å². The summed E-state index contributed by atoms with van der Waals surface area (Å²) in [5.74, 6) is -0.837. The van der Waals surface area contributed by atoms with Crippen molar-refractivity contribution in [2.45, 2.75) is 6.18 Å². The Morgan fingerprint density at radius 2 is 1.78 bits per heavy atom. The number of nitrogens with zero attached hydrogens (tertiary/aromatic N) is 1. The molecule has 0 heterocycles. The van der Waals surface area contributed by atoms with Gasteiger partial charge in [-0.3, -0.25) is 4.79 Å². The molecule has 1 aromatic rings. The summed E-state index contributed by atoms with van der Waals surface area (Å²) in [5, 5.41) is 0.0394. The van der Waals surface area contributed by atoms with E-state index in [1.54, 1.807) is 0 Å². The third-order valence-corrected chi connectivity index (χ3v) is 2.71. The minimum atomic E-state index is -4.47. The first-order chi connectivity index (χ1) is 8.11. The van der Waals surface area contributed by atoms with Crippen LogP contribution in [0.4, 0.5) is 18.9 Å². The first kappa shape index (κ1) is 14.9. The summed E-state index contributed by atoms with van der Waals surface area (Å²) >= 11 is 11.4. The molecule has 2 N–H and O–H groups in total. The molecule has 1 aromatic carbocycles. The largest absolute Gasteiger partial charge is 0.406 e. The van der Waals surface area contributed by atoms with Crippen molar-refractivity contribution in [2.75, 3.05) is 19.3 Å². The predicted octanol–water partition coefficient (Wildman–Crippen LogP) is 3.21. The first-order valence-corrected chi connectivity index (χ1v) is 5.44. The molecule has 0 bridgehead atoms. The van der Waals surface area contributed by atoms with Crippen LogP contribution in [-0.4, -0.2) is 30.6 Å². The van der Waals surface area contributed by atoms with Crippen LogP contribution in [0.1, 0.15) is 10.4 Å². The van der Waals surface area contributed by atoms with Crippen LogP contribution < -0.4 is 5.73 Å². The molecule has 3 nitrogen and oxygen atoms in total. The highest BCUT2D eigenvalue weighted by atomic mass is 35.5. The van der Waals surface area contributed by atoms with Crippen molar-refractivity contribution in [3.8, 4) is 0 Å². The summed E-state index contributed by atoms with van der Waals surface area (Å²) in [7, 11) is 1.04. The Bertz CT molecular complexity index is 454. The molecule has 0 aliphatic carbocycles. The molecule has 0 spiro atoms. The zero-order chi connectivity index (χ0) is 14.1. The van der Waals surface area contributed by atoms with Crippen molar-refractivity contribution in [3.63, 3.8) is 0 Å². The van der Waals surface area contributed by atoms with Crippen LogP contribution in [0.3, 0.4) is 0 Å². The van der Waals surface area contributed by atoms with Crippen LogP contribution in [0.15, 0.2) is 12.1 Å². The fourth-order valence-electron chi connectivity index (χ4n) is 1.27. The SMILES string of the molecule is CN(CC(F)(F)F)C(=O)c1cc(Cl)c(N)c(Cl)c1. The van der Waals surface area contributed by atoms with E-state index in [2.05, 4.69) is 0 Å². The van der Waals surface area contributed by atoms with Gasteiger partial charge in [-0.05, 0) is 12.1 Å². The standard InChI is InChI=1S/C10H9Cl2F3N2O/c1-17(4-10(13,14)15)9(18)5-2-6(11)8(16)7(12)3-5/h2-3H,4,16H2,1H3. The smallest absolute Gasteiger partial charge is 0.396 e. The van der Waals surface area contributed by atoms with Gasteiger partial charge in [0.2, 0.25) is 0 Å². The number of alkyl halides is 3. The summed E-state index contributed by atoms with van der Waals surface area (Å²) in [6.45, 7) is -1.36. The maximum Gasteiger partial charge on any atom is 0.406 e. The zero-order valence-corrected chi connectivity index (χ0v) is 10.7. The van der Waals surface area contributed by atoms with E-state index in [1.807, 2.05) is 0 Å². The average Bonchev–Trinajstić information content (AvgIpc) is 2.21. The number of amides is 1. The molecule has 100 valence electrons. The monoisotopic (exact) mass is 300 g/mol. The highest BCUT2D eigenvalue weighted by Crippen LogP contribution is 2.29. The van der Waals surface area contributed by atoms with E-state index in [9.17, 15) is 18.0 Å². The van der Waals surface area contributed by atoms with Gasteiger partial charge < -0.3 is 10.6 Å². The Labute approximate surface area is 111 Å². The molecule has 0 radical (unpaired) electrons. The maximum absolute atomic E-state index is 12.1. The number of nitrogen functional groups attached to an aromatic ring is 1. The normalized spacial score (nSPS) is 11.4. The van der Waals surface area contributed by atoms with Gasteiger partial charge in [-0.25, -0.2) is 0 Å². The van der Waals surface area contributed by atoms with E-state index in [-0.39, 0.29) is 21.3 Å². The lowest BCUT2D eigenvalue weighted by molar-refractivity contribution is -0.138. The average molecular weight is 301 g/mol. The lowest BCUT2D eigenvalue weighted by atomic mass is 10.2. The number of hydrogen-bond acceptors (Lipinski definition) is 2. The van der Waals surface area contributed by atoms with Crippen LogP contribution in [0, 0.1) is 0 Å². The van der Waals surface area contributed by atoms with Gasteiger partial charge in [0.15, 0.2) is 0 Å². The Balaban J connectivity index is 2.98. The second-order valence-electron chi connectivity index (χ2n) is 3.63. The summed E-state index contributed by atoms with van der Waals surface area (Å²) in [6, 6.07) is 2.36. The molecule has 18 heavy (non-hydrogen) atoms. The maximum atomic E-state index is 12.1. The van der Waals surface area contributed by atoms with Gasteiger partial charge in [0.25, 0.3) is 5.91 Å². The molecule has 8 heteroatoms. The number of rotatable bonds is 2. The molecule has 0 atom stereocenters. The second-order valence-corrected chi connectivity index (χ2v) is 4.44. The Hall–Kier alpha value is -1.14. The summed E-state index contributed by atoms with van der Waals surface area (Å²) in [4.78, 5) is 12.2. The lowest BCUT2D eigenvalue weighted by Crippen LogP contribution is -2.35. The number of halogens is 5. The third kappa shape index (κ3) is 3.68. The Morgan fingerprint density at radius 1 is 1.33 bits per heavy atom. The summed E-state index contributed by atoms with van der Waals surface area (Å²) in [6.07, 6.45) is -4.47. The van der Waals surface area contributed by atoms with Gasteiger partial charge in [-0.2, -0.15) is 13.2 Å². The van der Waals surface area contributed by atoms with E-state index < -0.39 is 18.6 Å². The van der Waals surface area contributed by atoms with Gasteiger partial charge in [-0.15, -0.1) is 0 Å². The fraction of sp³-hybridized carbons (Fsp3) is 0.300. The van der Waals surface area contributed by atoms with E-state index in [0.717, 1.165) is 7.05 Å². The van der Waals surface area contributed by atoms with Crippen LogP contribution in [-0.2, 0) is 0 Å². The number of hydrogen-bond donors (Lipinski definition) is 1. The van der Waals surface area contributed by atoms with Gasteiger partial charge in [0.05, 0.1) is 15.7 Å². The number of benzene rings is 1. The summed E-state index contributed by atoms with van der Waals surface area (Å²) < 4.78 is 36.4. The highest BCUT2D eigenvalue weighted by Gasteiger charge is 2.31. The van der Waals surface area contributed by atoms with E-state index in [0.29, 0.717) is 4.90 Å². The van der Waals surface area contributed by atoms with Crippen molar-refractivity contribution in [1.82, 2.24) is 4.90 Å². The topological polar surface area (TPSA) is 46.3 Å². The third-order valence-electron chi connectivity index (χ3n) is 2.09. The van der Waals surface area contributed by atoms with Crippen molar-refractivity contribution >= 4 is 34.8 Å². The molecule has 0 aromatic heterocycles. The predicted molar refractivity (Wildman–Crippen MR) is 63.9 cm³/mol. The molecule has 0 aliphatic heterocycles. The van der Waals surface area contributed by atoms with Crippen molar-refractivity contribution < 1.29 is 18.0 Å². The summed E-state index contributed by atoms with van der Waals surface area (Å²) in [5.41, 5.74) is 5.49. The molecule has 0 saturated carbocycles. The highest BCUT2D eigenvalue weighted by molar-refractivity contribution is 6.39. The van der Waals surface area contributed by atoms with Gasteiger partial charge >= 0.3 is 6.18 Å². The number of anilines is 1. The number of nitrogens with two attached hydrogens (primary N) is 1. The molecule has 1 rings (SSSR count). The molecular formula is C10H9Cl2F3N2O. The number of carbonyl (C=O) groups excluding carboxylic acids is 1. The van der Waals surface area contributed by atoms with Crippen LogP contribution >= 0.6 is 23.2 Å². The van der Waals surface area contributed by atoms with Crippen LogP contribution in [0.25, 0.3) is 0 Å². The molecule has 0 fully saturated rings.